The van der Waals surface area contributed by atoms with Crippen LogP contribution in [0.2, 0.25) is 5.02 Å². The number of methoxy groups -OCH3 is 1. The van der Waals surface area contributed by atoms with E-state index in [1.54, 1.807) is 0 Å². The van der Waals surface area contributed by atoms with Gasteiger partial charge in [0, 0.05) is 10.7 Å². The highest BCUT2D eigenvalue weighted by Gasteiger charge is 2.21. The van der Waals surface area contributed by atoms with Crippen LogP contribution in [0.25, 0.3) is 0 Å². The molecule has 0 aromatic heterocycles. The van der Waals surface area contributed by atoms with Crippen molar-refractivity contribution in [3.63, 3.8) is 0 Å². The number of ether oxygens (including phenoxy) is 1. The van der Waals surface area contributed by atoms with Gasteiger partial charge in [-0.3, -0.25) is 0 Å². The first-order valence-electron chi connectivity index (χ1n) is 3.79. The monoisotopic (exact) mass is 286 g/mol. The molecule has 0 bridgehead atoms. The third-order valence-electron chi connectivity index (χ3n) is 1.69. The molecule has 0 saturated carbocycles. The molecule has 8 heteroatoms. The Kier molecular flexibility index (Phi) is 3.77. The molecule has 4 nitrogen and oxygen atoms in total. The summed E-state index contributed by atoms with van der Waals surface area (Å²) in [6.07, 6.45) is 0. The molecule has 16 heavy (non-hydrogen) atoms. The van der Waals surface area contributed by atoms with E-state index < -0.39 is 36.3 Å². The SMILES string of the molecule is COC(=O)c1cc(S(=O)(=O)Cl)cc(Cl)c1F. The molecule has 0 aliphatic heterocycles. The molecule has 1 aromatic carbocycles. The second kappa shape index (κ2) is 4.57. The van der Waals surface area contributed by atoms with Crippen LogP contribution in [0.5, 0.6) is 0 Å². The lowest BCUT2D eigenvalue weighted by molar-refractivity contribution is 0.0595. The summed E-state index contributed by atoms with van der Waals surface area (Å²) in [7, 11) is 1.97. The van der Waals surface area contributed by atoms with Gasteiger partial charge in [-0.15, -0.1) is 0 Å². The Balaban J connectivity index is 3.51. The predicted octanol–water partition coefficient (Wildman–Crippen LogP) is 2.19. The van der Waals surface area contributed by atoms with Gasteiger partial charge in [0.05, 0.1) is 22.6 Å². The molecule has 0 saturated heterocycles. The molecule has 88 valence electrons. The highest BCUT2D eigenvalue weighted by Crippen LogP contribution is 2.26. The number of esters is 1. The molecule has 0 heterocycles. The number of halogens is 3. The van der Waals surface area contributed by atoms with Crippen molar-refractivity contribution in [2.24, 2.45) is 0 Å². The molecule has 0 fully saturated rings. The third-order valence-corrected chi connectivity index (χ3v) is 3.30. The number of carbonyl (C=O) groups excluding carboxylic acids is 1. The Bertz CT molecular complexity index is 541. The minimum Gasteiger partial charge on any atom is -0.465 e. The predicted molar refractivity (Wildman–Crippen MR) is 55.8 cm³/mol. The van der Waals surface area contributed by atoms with E-state index in [0.29, 0.717) is 0 Å². The van der Waals surface area contributed by atoms with Gasteiger partial charge in [0.15, 0.2) is 5.82 Å². The maximum atomic E-state index is 13.3. The summed E-state index contributed by atoms with van der Waals surface area (Å²) < 4.78 is 39.6. The Labute approximate surface area is 100 Å². The van der Waals surface area contributed by atoms with Crippen LogP contribution in [0, 0.1) is 5.82 Å². The number of hydrogen-bond acceptors (Lipinski definition) is 4. The number of carbonyl (C=O) groups is 1. The number of hydrogen-bond donors (Lipinski definition) is 0. The van der Waals surface area contributed by atoms with Gasteiger partial charge >= 0.3 is 5.97 Å². The fourth-order valence-corrected chi connectivity index (χ4v) is 2.03. The fourth-order valence-electron chi connectivity index (χ4n) is 0.963. The van der Waals surface area contributed by atoms with Gasteiger partial charge in [-0.1, -0.05) is 11.6 Å². The van der Waals surface area contributed by atoms with E-state index in [-0.39, 0.29) is 0 Å². The fraction of sp³-hybridized carbons (Fsp3) is 0.125. The van der Waals surface area contributed by atoms with Gasteiger partial charge in [-0.2, -0.15) is 0 Å². The van der Waals surface area contributed by atoms with Crippen molar-refractivity contribution < 1.29 is 22.3 Å². The van der Waals surface area contributed by atoms with Gasteiger partial charge in [-0.05, 0) is 12.1 Å². The third kappa shape index (κ3) is 2.63. The minimum absolute atomic E-state index is 0.471. The topological polar surface area (TPSA) is 60.4 Å². The van der Waals surface area contributed by atoms with E-state index in [2.05, 4.69) is 4.74 Å². The second-order valence-electron chi connectivity index (χ2n) is 2.70. The molecular weight excluding hydrogens is 282 g/mol. The first kappa shape index (κ1) is 13.2. The summed E-state index contributed by atoms with van der Waals surface area (Å²) in [5, 5.41) is -0.526. The quantitative estimate of drug-likeness (QED) is 0.618. The molecule has 0 radical (unpaired) electrons. The van der Waals surface area contributed by atoms with E-state index in [4.69, 9.17) is 22.3 Å². The second-order valence-corrected chi connectivity index (χ2v) is 5.67. The van der Waals surface area contributed by atoms with E-state index in [0.717, 1.165) is 19.2 Å². The van der Waals surface area contributed by atoms with Gasteiger partial charge in [0.25, 0.3) is 9.05 Å². The van der Waals surface area contributed by atoms with Crippen molar-refractivity contribution in [3.8, 4) is 0 Å². The van der Waals surface area contributed by atoms with Gasteiger partial charge in [-0.25, -0.2) is 17.6 Å². The highest BCUT2D eigenvalue weighted by molar-refractivity contribution is 8.13. The molecule has 0 aliphatic carbocycles. The first-order valence-corrected chi connectivity index (χ1v) is 6.48. The molecule has 1 aromatic rings. The van der Waals surface area contributed by atoms with Gasteiger partial charge < -0.3 is 4.74 Å². The summed E-state index contributed by atoms with van der Waals surface area (Å²) in [6, 6.07) is 1.57. The van der Waals surface area contributed by atoms with E-state index in [1.807, 2.05) is 0 Å². The van der Waals surface area contributed by atoms with Gasteiger partial charge in [0.2, 0.25) is 0 Å². The van der Waals surface area contributed by atoms with Crippen molar-refractivity contribution in [3.05, 3.63) is 28.5 Å². The zero-order valence-corrected chi connectivity index (χ0v) is 10.2. The van der Waals surface area contributed by atoms with E-state index >= 15 is 0 Å². The first-order chi connectivity index (χ1) is 7.27. The average molecular weight is 287 g/mol. The van der Waals surface area contributed by atoms with Gasteiger partial charge in [0.1, 0.15) is 0 Å². The van der Waals surface area contributed by atoms with Crippen LogP contribution in [0.4, 0.5) is 4.39 Å². The molecule has 0 amide bonds. The summed E-state index contributed by atoms with van der Waals surface area (Å²) in [5.74, 6) is -2.10. The molecular formula is C8H5Cl2FO4S. The summed E-state index contributed by atoms with van der Waals surface area (Å²) in [4.78, 5) is 10.6. The van der Waals surface area contributed by atoms with Crippen LogP contribution in [-0.2, 0) is 13.8 Å². The zero-order chi connectivity index (χ0) is 12.5. The van der Waals surface area contributed by atoms with E-state index in [9.17, 15) is 17.6 Å². The largest absolute Gasteiger partial charge is 0.465 e. The molecule has 0 N–H and O–H groups in total. The Morgan fingerprint density at radius 3 is 2.44 bits per heavy atom. The minimum atomic E-state index is -4.09. The van der Waals surface area contributed by atoms with Crippen LogP contribution >= 0.6 is 22.3 Å². The lowest BCUT2D eigenvalue weighted by atomic mass is 10.2. The lowest BCUT2D eigenvalue weighted by Gasteiger charge is -2.04. The summed E-state index contributed by atoms with van der Waals surface area (Å²) in [6.45, 7) is 0. The van der Waals surface area contributed by atoms with Crippen molar-refractivity contribution in [1.82, 2.24) is 0 Å². The Morgan fingerprint density at radius 2 is 2.00 bits per heavy atom. The average Bonchev–Trinajstić information content (AvgIpc) is 2.19. The maximum absolute atomic E-state index is 13.3. The summed E-state index contributed by atoms with van der Waals surface area (Å²) >= 11 is 5.42. The van der Waals surface area contributed by atoms with Crippen LogP contribution in [0.3, 0.4) is 0 Å². The van der Waals surface area contributed by atoms with Crippen LogP contribution in [-0.4, -0.2) is 21.5 Å². The Morgan fingerprint density at radius 1 is 1.44 bits per heavy atom. The van der Waals surface area contributed by atoms with Crippen molar-refractivity contribution in [2.45, 2.75) is 4.90 Å². The van der Waals surface area contributed by atoms with Crippen LogP contribution in [0.15, 0.2) is 17.0 Å². The van der Waals surface area contributed by atoms with Crippen LogP contribution in [0.1, 0.15) is 10.4 Å². The number of benzene rings is 1. The van der Waals surface area contributed by atoms with Crippen molar-refractivity contribution in [2.75, 3.05) is 7.11 Å². The molecule has 0 unspecified atom stereocenters. The molecule has 0 spiro atoms. The highest BCUT2D eigenvalue weighted by atomic mass is 35.7. The lowest BCUT2D eigenvalue weighted by Crippen LogP contribution is -2.06. The Hall–Kier alpha value is -0.850. The van der Waals surface area contributed by atoms with E-state index in [1.165, 1.54) is 0 Å². The molecule has 0 atom stereocenters. The van der Waals surface area contributed by atoms with Crippen molar-refractivity contribution >= 4 is 37.3 Å². The normalized spacial score (nSPS) is 11.2. The molecule has 1 rings (SSSR count). The summed E-state index contributed by atoms with van der Waals surface area (Å²) in [5.41, 5.74) is -0.589. The van der Waals surface area contributed by atoms with Crippen molar-refractivity contribution in [1.29, 1.82) is 0 Å². The zero-order valence-electron chi connectivity index (χ0n) is 7.83. The van der Waals surface area contributed by atoms with Crippen LogP contribution < -0.4 is 0 Å². The standard InChI is InChI=1S/C8H5Cl2FO4S/c1-15-8(12)5-2-4(16(10,13)14)3-6(9)7(5)11/h2-3H,1H3. The maximum Gasteiger partial charge on any atom is 0.340 e. The smallest absolute Gasteiger partial charge is 0.340 e. The molecule has 0 aliphatic rings. The number of rotatable bonds is 2.